The largest absolute Gasteiger partial charge is 0.492 e. The van der Waals surface area contributed by atoms with Gasteiger partial charge < -0.3 is 19.3 Å². The van der Waals surface area contributed by atoms with Crippen LogP contribution in [0.3, 0.4) is 0 Å². The summed E-state index contributed by atoms with van der Waals surface area (Å²) in [5.41, 5.74) is 2.19. The predicted octanol–water partition coefficient (Wildman–Crippen LogP) is 5.09. The normalized spacial score (nSPS) is 27.0. The Hall–Kier alpha value is -2.78. The number of hydrogen-bond acceptors (Lipinski definition) is 5. The zero-order valence-electron chi connectivity index (χ0n) is 19.7. The van der Waals surface area contributed by atoms with Gasteiger partial charge in [-0.3, -0.25) is 9.69 Å². The first kappa shape index (κ1) is 23.6. The molecule has 0 spiro atoms. The highest BCUT2D eigenvalue weighted by Gasteiger charge is 2.40. The Balaban J connectivity index is 1.25. The summed E-state index contributed by atoms with van der Waals surface area (Å²) in [7, 11) is 0. The van der Waals surface area contributed by atoms with Gasteiger partial charge in [-0.2, -0.15) is 13.2 Å². The fraction of sp³-hybridized carbons (Fsp3) is 0.519. The fourth-order valence-electron chi connectivity index (χ4n) is 6.23. The number of aliphatic carboxylic acids is 1. The molecule has 1 aliphatic carbocycles. The molecular formula is C27H28F3NO5. The van der Waals surface area contributed by atoms with Crippen molar-refractivity contribution in [3.8, 4) is 11.5 Å². The number of fused-ring (bicyclic) bond motifs is 4. The molecule has 6 nitrogen and oxygen atoms in total. The molecule has 1 N–H and O–H groups in total. The van der Waals surface area contributed by atoms with Crippen LogP contribution < -0.4 is 9.47 Å². The van der Waals surface area contributed by atoms with Crippen LogP contribution in [0, 0.1) is 0 Å². The molecule has 3 aliphatic heterocycles. The first-order valence-corrected chi connectivity index (χ1v) is 12.5. The van der Waals surface area contributed by atoms with Crippen LogP contribution in [0.25, 0.3) is 0 Å². The molecule has 2 aromatic rings. The minimum absolute atomic E-state index is 0.00183. The molecule has 0 aromatic heterocycles. The second kappa shape index (κ2) is 8.95. The molecule has 9 heteroatoms. The topological polar surface area (TPSA) is 68.2 Å². The molecule has 3 heterocycles. The SMILES string of the molecule is O=C(O)C[C@@H]1COc2cc(O[C@@H]3CCc4c3ccc(C(F)(F)F)c4CN3CC4CCC(C3)O4)ccc21. The molecule has 0 radical (unpaired) electrons. The highest BCUT2D eigenvalue weighted by molar-refractivity contribution is 5.68. The highest BCUT2D eigenvalue weighted by atomic mass is 19.4. The maximum absolute atomic E-state index is 14.0. The second-order valence-corrected chi connectivity index (χ2v) is 10.3. The van der Waals surface area contributed by atoms with Crippen molar-refractivity contribution in [3.05, 3.63) is 58.1 Å². The summed E-state index contributed by atoms with van der Waals surface area (Å²) in [5.74, 6) is 0.0939. The van der Waals surface area contributed by atoms with E-state index in [-0.39, 0.29) is 37.2 Å². The Labute approximate surface area is 206 Å². The van der Waals surface area contributed by atoms with Gasteiger partial charge in [-0.15, -0.1) is 0 Å². The smallest absolute Gasteiger partial charge is 0.416 e. The molecule has 4 aliphatic rings. The fourth-order valence-corrected chi connectivity index (χ4v) is 6.23. The molecular weight excluding hydrogens is 475 g/mol. The van der Waals surface area contributed by atoms with Crippen LogP contribution in [-0.2, 0) is 28.7 Å². The Bertz CT molecular complexity index is 1170. The number of nitrogens with zero attached hydrogens (tertiary/aromatic N) is 1. The molecule has 192 valence electrons. The molecule has 2 saturated heterocycles. The van der Waals surface area contributed by atoms with Gasteiger partial charge in [0.1, 0.15) is 17.6 Å². The van der Waals surface area contributed by atoms with Crippen LogP contribution in [0.1, 0.15) is 65.5 Å². The average molecular weight is 504 g/mol. The standard InChI is InChI=1S/C27H28F3NO5/c28-27(29,30)23-7-5-21-20(22(23)13-31-11-17-1-2-18(12-31)35-17)6-8-24(21)36-16-3-4-19-15(9-26(32)33)14-34-25(19)10-16/h3-5,7,10,15,17-18,24H,1-2,6,8-9,11-14H2,(H,32,33)/t15-,17?,18?,24-/m1/s1. The Morgan fingerprint density at radius 2 is 1.83 bits per heavy atom. The lowest BCUT2D eigenvalue weighted by Crippen LogP contribution is -2.42. The van der Waals surface area contributed by atoms with Crippen molar-refractivity contribution < 1.29 is 37.3 Å². The van der Waals surface area contributed by atoms with Crippen molar-refractivity contribution in [2.24, 2.45) is 0 Å². The van der Waals surface area contributed by atoms with Gasteiger partial charge in [0.05, 0.1) is 30.8 Å². The molecule has 2 bridgehead atoms. The van der Waals surface area contributed by atoms with Crippen molar-refractivity contribution in [2.75, 3.05) is 19.7 Å². The number of hydrogen-bond donors (Lipinski definition) is 1. The molecule has 0 amide bonds. The second-order valence-electron chi connectivity index (χ2n) is 10.3. The van der Waals surface area contributed by atoms with E-state index in [1.807, 2.05) is 6.07 Å². The molecule has 4 atom stereocenters. The van der Waals surface area contributed by atoms with Gasteiger partial charge in [-0.1, -0.05) is 12.1 Å². The third-order valence-corrected chi connectivity index (χ3v) is 7.84. The Kier molecular flexibility index (Phi) is 5.87. The predicted molar refractivity (Wildman–Crippen MR) is 123 cm³/mol. The number of morpholine rings is 1. The van der Waals surface area contributed by atoms with Gasteiger partial charge in [0.15, 0.2) is 0 Å². The number of carboxylic acids is 1. The van der Waals surface area contributed by atoms with Crippen molar-refractivity contribution in [3.63, 3.8) is 0 Å². The van der Waals surface area contributed by atoms with Crippen LogP contribution >= 0.6 is 0 Å². The summed E-state index contributed by atoms with van der Waals surface area (Å²) in [6.45, 7) is 1.90. The van der Waals surface area contributed by atoms with E-state index < -0.39 is 17.7 Å². The van der Waals surface area contributed by atoms with Gasteiger partial charge in [0.2, 0.25) is 0 Å². The zero-order valence-corrected chi connectivity index (χ0v) is 19.7. The molecule has 0 saturated carbocycles. The van der Waals surface area contributed by atoms with Gasteiger partial charge in [-0.05, 0) is 54.5 Å². The van der Waals surface area contributed by atoms with Crippen LogP contribution in [0.2, 0.25) is 0 Å². The molecule has 2 aromatic carbocycles. The highest BCUT2D eigenvalue weighted by Crippen LogP contribution is 2.44. The summed E-state index contributed by atoms with van der Waals surface area (Å²) >= 11 is 0. The number of carboxylic acid groups (broad SMARTS) is 1. The van der Waals surface area contributed by atoms with Crippen molar-refractivity contribution in [1.29, 1.82) is 0 Å². The summed E-state index contributed by atoms with van der Waals surface area (Å²) in [5, 5.41) is 9.10. The van der Waals surface area contributed by atoms with Crippen LogP contribution in [-0.4, -0.2) is 47.9 Å². The average Bonchev–Trinajstić information content (AvgIpc) is 3.50. The minimum Gasteiger partial charge on any atom is -0.492 e. The lowest BCUT2D eigenvalue weighted by Gasteiger charge is -2.33. The summed E-state index contributed by atoms with van der Waals surface area (Å²) in [6.07, 6.45) is -1.48. The van der Waals surface area contributed by atoms with Crippen molar-refractivity contribution >= 4 is 5.97 Å². The summed E-state index contributed by atoms with van der Waals surface area (Å²) < 4.78 is 59.8. The van der Waals surface area contributed by atoms with E-state index in [2.05, 4.69) is 4.90 Å². The molecule has 2 fully saturated rings. The monoisotopic (exact) mass is 503 g/mol. The number of alkyl halides is 3. The summed E-state index contributed by atoms with van der Waals surface area (Å²) in [4.78, 5) is 13.2. The first-order chi connectivity index (χ1) is 17.2. The molecule has 36 heavy (non-hydrogen) atoms. The van der Waals surface area contributed by atoms with Crippen LogP contribution in [0.15, 0.2) is 30.3 Å². The Morgan fingerprint density at radius 3 is 2.56 bits per heavy atom. The lowest BCUT2D eigenvalue weighted by atomic mass is 9.96. The quantitative estimate of drug-likeness (QED) is 0.593. The molecule has 2 unspecified atom stereocenters. The van der Waals surface area contributed by atoms with Gasteiger partial charge in [-0.25, -0.2) is 0 Å². The number of ether oxygens (including phenoxy) is 3. The first-order valence-electron chi connectivity index (χ1n) is 12.5. The third-order valence-electron chi connectivity index (χ3n) is 7.84. The van der Waals surface area contributed by atoms with Crippen LogP contribution in [0.5, 0.6) is 11.5 Å². The number of halogens is 3. The van der Waals surface area contributed by atoms with E-state index in [0.717, 1.165) is 29.5 Å². The van der Waals surface area contributed by atoms with E-state index in [1.54, 1.807) is 18.2 Å². The van der Waals surface area contributed by atoms with Crippen molar-refractivity contribution in [2.45, 2.75) is 69.1 Å². The van der Waals surface area contributed by atoms with Gasteiger partial charge in [0.25, 0.3) is 0 Å². The van der Waals surface area contributed by atoms with E-state index in [4.69, 9.17) is 19.3 Å². The summed E-state index contributed by atoms with van der Waals surface area (Å²) in [6, 6.07) is 8.13. The Morgan fingerprint density at radius 1 is 1.08 bits per heavy atom. The van der Waals surface area contributed by atoms with Crippen molar-refractivity contribution in [1.82, 2.24) is 4.90 Å². The minimum atomic E-state index is -4.42. The zero-order chi connectivity index (χ0) is 25.0. The number of likely N-dealkylation sites (tertiary alicyclic amines) is 1. The lowest BCUT2D eigenvalue weighted by molar-refractivity contribution is -0.139. The maximum Gasteiger partial charge on any atom is 0.416 e. The van der Waals surface area contributed by atoms with E-state index in [1.165, 1.54) is 6.07 Å². The third kappa shape index (κ3) is 4.43. The van der Waals surface area contributed by atoms with E-state index in [0.29, 0.717) is 49.6 Å². The number of carbonyl (C=O) groups is 1. The van der Waals surface area contributed by atoms with Gasteiger partial charge in [0, 0.05) is 37.2 Å². The van der Waals surface area contributed by atoms with Gasteiger partial charge >= 0.3 is 12.1 Å². The number of rotatable bonds is 6. The van der Waals surface area contributed by atoms with Crippen LogP contribution in [0.4, 0.5) is 13.2 Å². The molecule has 6 rings (SSSR count). The number of benzene rings is 2. The van der Waals surface area contributed by atoms with E-state index in [9.17, 15) is 18.0 Å². The maximum atomic E-state index is 14.0. The van der Waals surface area contributed by atoms with E-state index >= 15 is 0 Å².